The van der Waals surface area contributed by atoms with Gasteiger partial charge in [-0.05, 0) is 27.3 Å². The Hall–Kier alpha value is 0.0700. The SMILES string of the molecule is CCCC(C)(C)N(C)S(=O)[O-]. The molecule has 0 bridgehead atoms. The lowest BCUT2D eigenvalue weighted by molar-refractivity contribution is 0.240. The lowest BCUT2D eigenvalue weighted by Crippen LogP contribution is -2.41. The average molecular weight is 178 g/mol. The van der Waals surface area contributed by atoms with Crippen molar-refractivity contribution >= 4 is 11.3 Å². The predicted octanol–water partition coefficient (Wildman–Crippen LogP) is 1.29. The topological polar surface area (TPSA) is 43.4 Å². The zero-order valence-corrected chi connectivity index (χ0v) is 8.40. The van der Waals surface area contributed by atoms with Crippen LogP contribution in [0.25, 0.3) is 0 Å². The lowest BCUT2D eigenvalue weighted by Gasteiger charge is -2.36. The maximum absolute atomic E-state index is 10.5. The van der Waals surface area contributed by atoms with Crippen molar-refractivity contribution in [1.29, 1.82) is 0 Å². The van der Waals surface area contributed by atoms with E-state index in [9.17, 15) is 8.76 Å². The molecule has 68 valence electrons. The van der Waals surface area contributed by atoms with Crippen LogP contribution in [-0.2, 0) is 11.3 Å². The Labute approximate surface area is 71.2 Å². The molecule has 4 heteroatoms. The molecule has 0 aromatic rings. The molecular formula is C7H16NO2S-. The highest BCUT2D eigenvalue weighted by molar-refractivity contribution is 7.76. The van der Waals surface area contributed by atoms with Crippen molar-refractivity contribution in [2.45, 2.75) is 39.2 Å². The first-order valence-corrected chi connectivity index (χ1v) is 4.78. The fraction of sp³-hybridized carbons (Fsp3) is 1.00. The molecule has 0 rings (SSSR count). The summed E-state index contributed by atoms with van der Waals surface area (Å²) in [5.41, 5.74) is -0.249. The van der Waals surface area contributed by atoms with Crippen LogP contribution in [0.2, 0.25) is 0 Å². The highest BCUT2D eigenvalue weighted by Gasteiger charge is 2.22. The van der Waals surface area contributed by atoms with E-state index >= 15 is 0 Å². The monoisotopic (exact) mass is 178 g/mol. The molecule has 0 spiro atoms. The van der Waals surface area contributed by atoms with Gasteiger partial charge in [0.05, 0.1) is 0 Å². The van der Waals surface area contributed by atoms with Gasteiger partial charge in [-0.25, -0.2) is 4.31 Å². The summed E-state index contributed by atoms with van der Waals surface area (Å²) in [5, 5.41) is 0. The van der Waals surface area contributed by atoms with Gasteiger partial charge >= 0.3 is 0 Å². The quantitative estimate of drug-likeness (QED) is 0.609. The van der Waals surface area contributed by atoms with Crippen LogP contribution in [0.4, 0.5) is 0 Å². The first-order valence-electron chi connectivity index (χ1n) is 3.75. The van der Waals surface area contributed by atoms with Gasteiger partial charge in [-0.2, -0.15) is 0 Å². The minimum atomic E-state index is -2.10. The molecule has 1 unspecified atom stereocenters. The molecule has 11 heavy (non-hydrogen) atoms. The standard InChI is InChI=1S/C7H17NO2S/c1-5-6-7(2,3)8(4)11(9)10/h5-6H2,1-4H3,(H,9,10)/p-1. The maximum atomic E-state index is 10.5. The number of nitrogens with zero attached hydrogens (tertiary/aromatic N) is 1. The van der Waals surface area contributed by atoms with Gasteiger partial charge in [0.1, 0.15) is 0 Å². The van der Waals surface area contributed by atoms with Gasteiger partial charge in [-0.3, -0.25) is 4.21 Å². The predicted molar refractivity (Wildman–Crippen MR) is 45.7 cm³/mol. The van der Waals surface area contributed by atoms with Crippen LogP contribution in [0.1, 0.15) is 33.6 Å². The zero-order chi connectivity index (χ0) is 9.07. The molecule has 0 saturated carbocycles. The highest BCUT2D eigenvalue weighted by atomic mass is 32.2. The fourth-order valence-corrected chi connectivity index (χ4v) is 1.47. The first-order chi connectivity index (χ1) is 4.91. The summed E-state index contributed by atoms with van der Waals surface area (Å²) in [5.74, 6) is 0. The van der Waals surface area contributed by atoms with Crippen molar-refractivity contribution in [2.24, 2.45) is 0 Å². The van der Waals surface area contributed by atoms with Crippen LogP contribution in [-0.4, -0.2) is 25.7 Å². The Morgan fingerprint density at radius 1 is 1.55 bits per heavy atom. The number of hydrogen-bond acceptors (Lipinski definition) is 2. The molecular weight excluding hydrogens is 162 g/mol. The van der Waals surface area contributed by atoms with E-state index < -0.39 is 11.3 Å². The van der Waals surface area contributed by atoms with Gasteiger partial charge in [0.2, 0.25) is 0 Å². The Morgan fingerprint density at radius 3 is 2.27 bits per heavy atom. The van der Waals surface area contributed by atoms with Crippen LogP contribution in [0.3, 0.4) is 0 Å². The van der Waals surface area contributed by atoms with Gasteiger partial charge in [-0.1, -0.05) is 13.3 Å². The smallest absolute Gasteiger partial charge is 0.0266 e. The third-order valence-corrected chi connectivity index (χ3v) is 2.88. The van der Waals surface area contributed by atoms with Gasteiger partial charge in [0, 0.05) is 16.8 Å². The molecule has 0 aliphatic rings. The lowest BCUT2D eigenvalue weighted by atomic mass is 10.00. The molecule has 0 aromatic heterocycles. The van der Waals surface area contributed by atoms with E-state index in [-0.39, 0.29) is 5.54 Å². The second kappa shape index (κ2) is 4.18. The van der Waals surface area contributed by atoms with E-state index in [1.165, 1.54) is 4.31 Å². The number of rotatable bonds is 4. The molecule has 1 atom stereocenters. The van der Waals surface area contributed by atoms with Crippen LogP contribution >= 0.6 is 0 Å². The normalized spacial score (nSPS) is 15.5. The Balaban J connectivity index is 4.16. The summed E-state index contributed by atoms with van der Waals surface area (Å²) in [7, 11) is 1.60. The third kappa shape index (κ3) is 3.31. The van der Waals surface area contributed by atoms with Crippen molar-refractivity contribution in [3.05, 3.63) is 0 Å². The molecule has 0 radical (unpaired) electrons. The second-order valence-corrected chi connectivity index (χ2v) is 4.26. The molecule has 0 saturated heterocycles. The number of hydrogen-bond donors (Lipinski definition) is 0. The van der Waals surface area contributed by atoms with Gasteiger partial charge in [0.15, 0.2) is 0 Å². The van der Waals surface area contributed by atoms with Crippen LogP contribution in [0.5, 0.6) is 0 Å². The largest absolute Gasteiger partial charge is 0.760 e. The van der Waals surface area contributed by atoms with Gasteiger partial charge in [-0.15, -0.1) is 0 Å². The molecule has 0 aromatic carbocycles. The summed E-state index contributed by atoms with van der Waals surface area (Å²) in [4.78, 5) is 0. The summed E-state index contributed by atoms with van der Waals surface area (Å²) in [6.45, 7) is 5.89. The summed E-state index contributed by atoms with van der Waals surface area (Å²) in [6, 6.07) is 0. The molecule has 0 heterocycles. The summed E-state index contributed by atoms with van der Waals surface area (Å²) in [6.07, 6.45) is 1.88. The zero-order valence-electron chi connectivity index (χ0n) is 7.59. The summed E-state index contributed by atoms with van der Waals surface area (Å²) >= 11 is -2.10. The average Bonchev–Trinajstić information content (AvgIpc) is 1.86. The van der Waals surface area contributed by atoms with E-state index in [0.29, 0.717) is 0 Å². The van der Waals surface area contributed by atoms with Crippen molar-refractivity contribution in [3.8, 4) is 0 Å². The third-order valence-electron chi connectivity index (χ3n) is 1.94. The molecule has 0 aliphatic carbocycles. The minimum Gasteiger partial charge on any atom is -0.760 e. The Morgan fingerprint density at radius 2 is 2.00 bits per heavy atom. The highest BCUT2D eigenvalue weighted by Crippen LogP contribution is 2.19. The van der Waals surface area contributed by atoms with Crippen LogP contribution < -0.4 is 0 Å². The summed E-state index contributed by atoms with van der Waals surface area (Å²) < 4.78 is 22.5. The molecule has 0 amide bonds. The molecule has 0 fully saturated rings. The molecule has 0 N–H and O–H groups in total. The van der Waals surface area contributed by atoms with Gasteiger partial charge < -0.3 is 4.55 Å². The Bertz CT molecular complexity index is 147. The minimum absolute atomic E-state index is 0.249. The van der Waals surface area contributed by atoms with Crippen molar-refractivity contribution < 1.29 is 8.76 Å². The van der Waals surface area contributed by atoms with Crippen molar-refractivity contribution in [3.63, 3.8) is 0 Å². The van der Waals surface area contributed by atoms with E-state index in [1.54, 1.807) is 7.05 Å². The van der Waals surface area contributed by atoms with E-state index in [1.807, 2.05) is 20.8 Å². The van der Waals surface area contributed by atoms with E-state index in [2.05, 4.69) is 0 Å². The van der Waals surface area contributed by atoms with Crippen molar-refractivity contribution in [1.82, 2.24) is 4.31 Å². The first kappa shape index (κ1) is 11.1. The van der Waals surface area contributed by atoms with E-state index in [4.69, 9.17) is 0 Å². The van der Waals surface area contributed by atoms with Crippen molar-refractivity contribution in [2.75, 3.05) is 7.05 Å². The van der Waals surface area contributed by atoms with E-state index in [0.717, 1.165) is 12.8 Å². The fourth-order valence-electron chi connectivity index (χ4n) is 0.971. The molecule has 3 nitrogen and oxygen atoms in total. The Kier molecular flexibility index (Phi) is 4.21. The molecule has 0 aliphatic heterocycles. The maximum Gasteiger partial charge on any atom is 0.0266 e. The van der Waals surface area contributed by atoms with Crippen LogP contribution in [0, 0.1) is 0 Å². The van der Waals surface area contributed by atoms with Crippen LogP contribution in [0.15, 0.2) is 0 Å². The van der Waals surface area contributed by atoms with Gasteiger partial charge in [0.25, 0.3) is 0 Å². The second-order valence-electron chi connectivity index (χ2n) is 3.28.